The lowest BCUT2D eigenvalue weighted by Gasteiger charge is -2.28. The van der Waals surface area contributed by atoms with Crippen molar-refractivity contribution in [3.05, 3.63) is 54.7 Å². The summed E-state index contributed by atoms with van der Waals surface area (Å²) in [6.45, 7) is 9.69. The van der Waals surface area contributed by atoms with Crippen molar-refractivity contribution < 1.29 is 14.3 Å². The normalized spacial score (nSPS) is 15.4. The molecule has 3 aromatic rings. The monoisotopic (exact) mass is 531 g/mol. The Bertz CT molecular complexity index is 1270. The van der Waals surface area contributed by atoms with Gasteiger partial charge in [0.05, 0.1) is 25.1 Å². The van der Waals surface area contributed by atoms with Crippen LogP contribution in [0.1, 0.15) is 33.6 Å². The van der Waals surface area contributed by atoms with Crippen molar-refractivity contribution in [2.75, 3.05) is 59.0 Å². The van der Waals surface area contributed by atoms with Crippen molar-refractivity contribution in [1.82, 2.24) is 9.97 Å². The summed E-state index contributed by atoms with van der Waals surface area (Å²) in [7, 11) is 0. The average Bonchev–Trinajstić information content (AvgIpc) is 3.73. The Morgan fingerprint density at radius 1 is 1.03 bits per heavy atom. The van der Waals surface area contributed by atoms with E-state index in [-0.39, 0.29) is 0 Å². The summed E-state index contributed by atoms with van der Waals surface area (Å²) in [5.41, 5.74) is 3.72. The van der Waals surface area contributed by atoms with Gasteiger partial charge in [0, 0.05) is 42.4 Å². The van der Waals surface area contributed by atoms with E-state index in [1.54, 1.807) is 6.20 Å². The highest BCUT2D eigenvalue weighted by Gasteiger charge is 2.22. The van der Waals surface area contributed by atoms with Crippen LogP contribution in [-0.4, -0.2) is 54.5 Å². The van der Waals surface area contributed by atoms with Gasteiger partial charge in [-0.25, -0.2) is 9.78 Å². The highest BCUT2D eigenvalue weighted by Crippen LogP contribution is 2.32. The Hall–Kier alpha value is -4.05. The quantitative estimate of drug-likeness (QED) is 0.265. The fraction of sp³-hybridized carbons (Fsp3) is 0.414. The molecule has 1 amide bonds. The van der Waals surface area contributed by atoms with Crippen LogP contribution in [0.2, 0.25) is 0 Å². The molecule has 1 aliphatic heterocycles. The number of carbonyl (C=O) groups excluding carboxylic acids is 1. The second-order valence-corrected chi connectivity index (χ2v) is 10.9. The van der Waals surface area contributed by atoms with Gasteiger partial charge in [-0.2, -0.15) is 4.98 Å². The molecule has 1 aliphatic carbocycles. The van der Waals surface area contributed by atoms with Crippen molar-refractivity contribution in [2.45, 2.75) is 39.2 Å². The van der Waals surface area contributed by atoms with Gasteiger partial charge in [-0.1, -0.05) is 6.07 Å². The van der Waals surface area contributed by atoms with Crippen LogP contribution >= 0.6 is 0 Å². The topological polar surface area (TPSA) is 113 Å². The molecule has 2 heterocycles. The number of amides is 1. The molecule has 10 nitrogen and oxygen atoms in total. The number of morpholine rings is 1. The predicted octanol–water partition coefficient (Wildman–Crippen LogP) is 5.97. The largest absolute Gasteiger partial charge is 0.444 e. The minimum absolute atomic E-state index is 0.483. The highest BCUT2D eigenvalue weighted by molar-refractivity contribution is 5.86. The van der Waals surface area contributed by atoms with Gasteiger partial charge in [-0.3, -0.25) is 5.32 Å². The molecule has 206 valence electrons. The zero-order valence-electron chi connectivity index (χ0n) is 22.8. The first-order valence-electron chi connectivity index (χ1n) is 13.5. The molecule has 2 fully saturated rings. The Kier molecular flexibility index (Phi) is 8.02. The third-order valence-corrected chi connectivity index (χ3v) is 6.34. The maximum absolute atomic E-state index is 12.2. The van der Waals surface area contributed by atoms with Gasteiger partial charge < -0.3 is 30.3 Å². The fourth-order valence-corrected chi connectivity index (χ4v) is 4.18. The molecule has 0 atom stereocenters. The third-order valence-electron chi connectivity index (χ3n) is 6.34. The molecule has 0 unspecified atom stereocenters. The van der Waals surface area contributed by atoms with Gasteiger partial charge in [0.2, 0.25) is 5.95 Å². The van der Waals surface area contributed by atoms with E-state index in [0.29, 0.717) is 23.4 Å². The van der Waals surface area contributed by atoms with E-state index in [2.05, 4.69) is 43.3 Å². The summed E-state index contributed by atoms with van der Waals surface area (Å²) in [6, 6.07) is 15.7. The van der Waals surface area contributed by atoms with Crippen molar-refractivity contribution in [3.63, 3.8) is 0 Å². The highest BCUT2D eigenvalue weighted by atomic mass is 16.6. The summed E-state index contributed by atoms with van der Waals surface area (Å²) < 4.78 is 10.8. The number of aromatic nitrogens is 2. The molecule has 1 saturated carbocycles. The van der Waals surface area contributed by atoms with Gasteiger partial charge in [0.1, 0.15) is 5.60 Å². The van der Waals surface area contributed by atoms with Gasteiger partial charge >= 0.3 is 6.09 Å². The second-order valence-electron chi connectivity index (χ2n) is 10.9. The number of nitrogens with zero attached hydrogens (tertiary/aromatic N) is 3. The van der Waals surface area contributed by atoms with Crippen LogP contribution in [0.3, 0.4) is 0 Å². The van der Waals surface area contributed by atoms with E-state index in [0.717, 1.165) is 49.9 Å². The first-order valence-corrected chi connectivity index (χ1v) is 13.5. The molecular weight excluding hydrogens is 494 g/mol. The van der Waals surface area contributed by atoms with Crippen LogP contribution < -0.4 is 26.2 Å². The molecule has 1 saturated heterocycles. The molecule has 0 bridgehead atoms. The van der Waals surface area contributed by atoms with Crippen molar-refractivity contribution >= 4 is 46.3 Å². The smallest absolute Gasteiger partial charge is 0.412 e. The first kappa shape index (κ1) is 26.6. The third kappa shape index (κ3) is 7.97. The van der Waals surface area contributed by atoms with E-state index < -0.39 is 11.7 Å². The van der Waals surface area contributed by atoms with Crippen molar-refractivity contribution in [1.29, 1.82) is 0 Å². The average molecular weight is 532 g/mol. The Labute approximate surface area is 229 Å². The molecule has 2 aliphatic rings. The van der Waals surface area contributed by atoms with Crippen molar-refractivity contribution in [2.24, 2.45) is 5.92 Å². The molecule has 2 aromatic carbocycles. The van der Waals surface area contributed by atoms with E-state index in [9.17, 15) is 4.79 Å². The Balaban J connectivity index is 1.30. The lowest BCUT2D eigenvalue weighted by Crippen LogP contribution is -2.36. The molecular formula is C29H37N7O3. The van der Waals surface area contributed by atoms with E-state index in [1.165, 1.54) is 18.5 Å². The standard InChI is InChI=1S/C29H37N7O3/c1-29(2,3)39-28(37)34-23-6-4-5-22(17-23)32-26-25(30-18-20-7-8-20)19-31-27(35-26)33-21-9-11-24(12-10-21)36-13-15-38-16-14-36/h4-6,9-12,17,19-20,30H,7-8,13-16,18H2,1-3H3,(H,34,37)(H2,31,32,33,35). The fourth-order valence-electron chi connectivity index (χ4n) is 4.18. The summed E-state index contributed by atoms with van der Waals surface area (Å²) in [4.78, 5) is 23.9. The van der Waals surface area contributed by atoms with Crippen LogP contribution in [0.15, 0.2) is 54.7 Å². The first-order chi connectivity index (χ1) is 18.8. The maximum atomic E-state index is 12.2. The predicted molar refractivity (Wildman–Crippen MR) is 156 cm³/mol. The van der Waals surface area contributed by atoms with Gasteiger partial charge in [0.15, 0.2) is 5.82 Å². The number of hydrogen-bond acceptors (Lipinski definition) is 9. The molecule has 0 radical (unpaired) electrons. The molecule has 4 N–H and O–H groups in total. The Morgan fingerprint density at radius 2 is 1.77 bits per heavy atom. The van der Waals surface area contributed by atoms with E-state index in [4.69, 9.17) is 14.5 Å². The van der Waals surface area contributed by atoms with Crippen LogP contribution in [0, 0.1) is 5.92 Å². The summed E-state index contributed by atoms with van der Waals surface area (Å²) in [6.07, 6.45) is 3.79. The maximum Gasteiger partial charge on any atom is 0.412 e. The lowest BCUT2D eigenvalue weighted by atomic mass is 10.2. The van der Waals surface area contributed by atoms with E-state index >= 15 is 0 Å². The number of nitrogens with one attached hydrogen (secondary N) is 4. The number of ether oxygens (including phenoxy) is 2. The van der Waals surface area contributed by atoms with Crippen molar-refractivity contribution in [3.8, 4) is 0 Å². The number of benzene rings is 2. The molecule has 1 aromatic heterocycles. The van der Waals surface area contributed by atoms with Crippen LogP contribution in [0.5, 0.6) is 0 Å². The van der Waals surface area contributed by atoms with E-state index in [1.807, 2.05) is 57.2 Å². The summed E-state index contributed by atoms with van der Waals surface area (Å²) in [5.74, 6) is 1.83. The lowest BCUT2D eigenvalue weighted by molar-refractivity contribution is 0.0636. The van der Waals surface area contributed by atoms with Gasteiger partial charge in [-0.15, -0.1) is 0 Å². The Morgan fingerprint density at radius 3 is 2.49 bits per heavy atom. The number of anilines is 7. The molecule has 39 heavy (non-hydrogen) atoms. The minimum atomic E-state index is -0.574. The summed E-state index contributed by atoms with van der Waals surface area (Å²) in [5, 5.41) is 13.0. The SMILES string of the molecule is CC(C)(C)OC(=O)Nc1cccc(Nc2nc(Nc3ccc(N4CCOCC4)cc3)ncc2NCC2CC2)c1. The van der Waals surface area contributed by atoms with Crippen LogP contribution in [-0.2, 0) is 9.47 Å². The molecule has 5 rings (SSSR count). The number of carbonyl (C=O) groups is 1. The zero-order valence-corrected chi connectivity index (χ0v) is 22.8. The molecule has 0 spiro atoms. The summed E-state index contributed by atoms with van der Waals surface area (Å²) >= 11 is 0. The zero-order chi connectivity index (χ0) is 27.2. The minimum Gasteiger partial charge on any atom is -0.444 e. The van der Waals surface area contributed by atoms with Crippen LogP contribution in [0.25, 0.3) is 0 Å². The second kappa shape index (κ2) is 11.8. The number of hydrogen-bond donors (Lipinski definition) is 4. The number of rotatable bonds is 9. The molecule has 10 heteroatoms. The van der Waals surface area contributed by atoms with Gasteiger partial charge in [0.25, 0.3) is 0 Å². The van der Waals surface area contributed by atoms with Crippen LogP contribution in [0.4, 0.5) is 45.0 Å². The van der Waals surface area contributed by atoms with Gasteiger partial charge in [-0.05, 0) is 82.0 Å².